The lowest BCUT2D eigenvalue weighted by Crippen LogP contribution is -2.40. The molecule has 1 aromatic rings. The predicted molar refractivity (Wildman–Crippen MR) is 79.5 cm³/mol. The standard InChI is InChI=1S/C15H18ClNO3/c1-10(2)9-13(15(19)20)17-14(18)8-5-11-3-6-12(16)7-4-11/h3-8,10,13H,9H2,1-2H3,(H,17,18)(H,19,20)/t13-/m1/s1. The highest BCUT2D eigenvalue weighted by molar-refractivity contribution is 6.30. The van der Waals surface area contributed by atoms with E-state index in [-0.39, 0.29) is 5.92 Å². The van der Waals surface area contributed by atoms with Gasteiger partial charge in [0.2, 0.25) is 5.91 Å². The molecule has 1 amide bonds. The fourth-order valence-corrected chi connectivity index (χ4v) is 1.78. The predicted octanol–water partition coefficient (Wildman–Crippen LogP) is 2.97. The molecule has 1 atom stereocenters. The summed E-state index contributed by atoms with van der Waals surface area (Å²) in [5.74, 6) is -1.25. The van der Waals surface area contributed by atoms with Crippen LogP contribution in [0.3, 0.4) is 0 Å². The van der Waals surface area contributed by atoms with Crippen molar-refractivity contribution in [1.29, 1.82) is 0 Å². The lowest BCUT2D eigenvalue weighted by Gasteiger charge is -2.15. The summed E-state index contributed by atoms with van der Waals surface area (Å²) in [7, 11) is 0. The van der Waals surface area contributed by atoms with Crippen molar-refractivity contribution in [1.82, 2.24) is 5.32 Å². The van der Waals surface area contributed by atoms with Gasteiger partial charge in [-0.15, -0.1) is 0 Å². The van der Waals surface area contributed by atoms with Crippen LogP contribution in [-0.2, 0) is 9.59 Å². The van der Waals surface area contributed by atoms with Gasteiger partial charge in [0, 0.05) is 11.1 Å². The number of benzene rings is 1. The molecular formula is C15H18ClNO3. The number of hydrogen-bond donors (Lipinski definition) is 2. The van der Waals surface area contributed by atoms with Crippen molar-refractivity contribution in [3.05, 3.63) is 40.9 Å². The highest BCUT2D eigenvalue weighted by Crippen LogP contribution is 2.10. The molecule has 0 bridgehead atoms. The average molecular weight is 296 g/mol. The number of hydrogen-bond acceptors (Lipinski definition) is 2. The van der Waals surface area contributed by atoms with Gasteiger partial charge >= 0.3 is 5.97 Å². The third-order valence-electron chi connectivity index (χ3n) is 2.62. The third-order valence-corrected chi connectivity index (χ3v) is 2.87. The normalized spacial score (nSPS) is 12.6. The topological polar surface area (TPSA) is 66.4 Å². The number of carbonyl (C=O) groups is 2. The number of carbonyl (C=O) groups excluding carboxylic acids is 1. The van der Waals surface area contributed by atoms with Crippen LogP contribution in [0.2, 0.25) is 5.02 Å². The van der Waals surface area contributed by atoms with E-state index in [0.29, 0.717) is 11.4 Å². The van der Waals surface area contributed by atoms with Crippen LogP contribution in [-0.4, -0.2) is 23.0 Å². The first-order chi connectivity index (χ1) is 9.38. The molecule has 1 rings (SSSR count). The minimum atomic E-state index is -1.02. The van der Waals surface area contributed by atoms with Crippen molar-refractivity contribution in [2.24, 2.45) is 5.92 Å². The van der Waals surface area contributed by atoms with E-state index in [1.165, 1.54) is 6.08 Å². The molecule has 1 aromatic carbocycles. The van der Waals surface area contributed by atoms with Crippen molar-refractivity contribution in [2.45, 2.75) is 26.3 Å². The zero-order valence-corrected chi connectivity index (χ0v) is 12.2. The van der Waals surface area contributed by atoms with Crippen LogP contribution < -0.4 is 5.32 Å². The summed E-state index contributed by atoms with van der Waals surface area (Å²) >= 11 is 5.76. The van der Waals surface area contributed by atoms with E-state index in [1.807, 2.05) is 13.8 Å². The smallest absolute Gasteiger partial charge is 0.326 e. The van der Waals surface area contributed by atoms with Gasteiger partial charge in [-0.1, -0.05) is 37.6 Å². The minimum Gasteiger partial charge on any atom is -0.480 e. The van der Waals surface area contributed by atoms with E-state index in [4.69, 9.17) is 16.7 Å². The van der Waals surface area contributed by atoms with Crippen LogP contribution in [0.5, 0.6) is 0 Å². The molecule has 0 radical (unpaired) electrons. The first-order valence-corrected chi connectivity index (χ1v) is 6.73. The van der Waals surface area contributed by atoms with E-state index in [9.17, 15) is 9.59 Å². The second kappa shape index (κ2) is 7.70. The Labute approximate surface area is 123 Å². The van der Waals surface area contributed by atoms with E-state index < -0.39 is 17.9 Å². The number of halogens is 1. The van der Waals surface area contributed by atoms with Crippen LogP contribution in [0.1, 0.15) is 25.8 Å². The van der Waals surface area contributed by atoms with Gasteiger partial charge in [-0.05, 0) is 36.1 Å². The van der Waals surface area contributed by atoms with E-state index in [2.05, 4.69) is 5.32 Å². The summed E-state index contributed by atoms with van der Waals surface area (Å²) in [6.45, 7) is 3.82. The number of carboxylic acids is 1. The minimum absolute atomic E-state index is 0.191. The molecular weight excluding hydrogens is 278 g/mol. The van der Waals surface area contributed by atoms with Gasteiger partial charge in [0.25, 0.3) is 0 Å². The van der Waals surface area contributed by atoms with Gasteiger partial charge in [-0.3, -0.25) is 4.79 Å². The molecule has 4 nitrogen and oxygen atoms in total. The lowest BCUT2D eigenvalue weighted by molar-refractivity contribution is -0.141. The molecule has 0 aliphatic rings. The molecule has 0 heterocycles. The zero-order chi connectivity index (χ0) is 15.1. The van der Waals surface area contributed by atoms with Gasteiger partial charge in [-0.25, -0.2) is 4.79 Å². The zero-order valence-electron chi connectivity index (χ0n) is 11.5. The Bertz CT molecular complexity index is 494. The highest BCUT2D eigenvalue weighted by Gasteiger charge is 2.19. The summed E-state index contributed by atoms with van der Waals surface area (Å²) in [5.41, 5.74) is 0.820. The largest absolute Gasteiger partial charge is 0.480 e. The molecule has 108 valence electrons. The molecule has 0 saturated carbocycles. The Hall–Kier alpha value is -1.81. The van der Waals surface area contributed by atoms with Crippen LogP contribution >= 0.6 is 11.6 Å². The van der Waals surface area contributed by atoms with Crippen molar-refractivity contribution >= 4 is 29.6 Å². The van der Waals surface area contributed by atoms with Crippen molar-refractivity contribution in [3.63, 3.8) is 0 Å². The fraction of sp³-hybridized carbons (Fsp3) is 0.333. The first kappa shape index (κ1) is 16.2. The second-order valence-electron chi connectivity index (χ2n) is 4.91. The van der Waals surface area contributed by atoms with Crippen LogP contribution in [0.4, 0.5) is 0 Å². The molecule has 0 aromatic heterocycles. The summed E-state index contributed by atoms with van der Waals surface area (Å²) in [6.07, 6.45) is 3.33. The van der Waals surface area contributed by atoms with Crippen LogP contribution in [0.25, 0.3) is 6.08 Å². The molecule has 5 heteroatoms. The van der Waals surface area contributed by atoms with Gasteiger partial charge in [-0.2, -0.15) is 0 Å². The summed E-state index contributed by atoms with van der Waals surface area (Å²) < 4.78 is 0. The molecule has 20 heavy (non-hydrogen) atoms. The van der Waals surface area contributed by atoms with E-state index in [0.717, 1.165) is 5.56 Å². The number of amides is 1. The Kier molecular flexibility index (Phi) is 6.25. The number of aliphatic carboxylic acids is 1. The van der Waals surface area contributed by atoms with Gasteiger partial charge in [0.1, 0.15) is 6.04 Å². The lowest BCUT2D eigenvalue weighted by atomic mass is 10.0. The molecule has 0 spiro atoms. The molecule has 0 unspecified atom stereocenters. The van der Waals surface area contributed by atoms with E-state index >= 15 is 0 Å². The maximum atomic E-state index is 11.7. The Morgan fingerprint density at radius 1 is 1.30 bits per heavy atom. The van der Waals surface area contributed by atoms with E-state index in [1.54, 1.807) is 30.3 Å². The SMILES string of the molecule is CC(C)C[C@@H](NC(=O)C=Cc1ccc(Cl)cc1)C(=O)O. The monoisotopic (exact) mass is 295 g/mol. The Morgan fingerprint density at radius 2 is 1.90 bits per heavy atom. The van der Waals surface area contributed by atoms with Crippen molar-refractivity contribution < 1.29 is 14.7 Å². The average Bonchev–Trinajstić information content (AvgIpc) is 2.36. The first-order valence-electron chi connectivity index (χ1n) is 6.35. The van der Waals surface area contributed by atoms with Crippen molar-refractivity contribution in [2.75, 3.05) is 0 Å². The maximum absolute atomic E-state index is 11.7. The number of carboxylic acid groups (broad SMARTS) is 1. The van der Waals surface area contributed by atoms with Gasteiger partial charge < -0.3 is 10.4 Å². The Morgan fingerprint density at radius 3 is 2.40 bits per heavy atom. The van der Waals surface area contributed by atoms with Gasteiger partial charge in [0.15, 0.2) is 0 Å². The number of nitrogens with one attached hydrogen (secondary N) is 1. The second-order valence-corrected chi connectivity index (χ2v) is 5.35. The molecule has 0 saturated heterocycles. The molecule has 2 N–H and O–H groups in total. The molecule has 0 fully saturated rings. The fourth-order valence-electron chi connectivity index (χ4n) is 1.66. The Balaban J connectivity index is 2.61. The van der Waals surface area contributed by atoms with Crippen LogP contribution in [0.15, 0.2) is 30.3 Å². The van der Waals surface area contributed by atoms with Crippen LogP contribution in [0, 0.1) is 5.92 Å². The molecule has 0 aliphatic carbocycles. The summed E-state index contributed by atoms with van der Waals surface area (Å²) in [5, 5.41) is 12.1. The summed E-state index contributed by atoms with van der Waals surface area (Å²) in [4.78, 5) is 22.7. The number of rotatable bonds is 6. The maximum Gasteiger partial charge on any atom is 0.326 e. The molecule has 0 aliphatic heterocycles. The third kappa shape index (κ3) is 5.89. The quantitative estimate of drug-likeness (QED) is 0.793. The van der Waals surface area contributed by atoms with Gasteiger partial charge in [0.05, 0.1) is 0 Å². The van der Waals surface area contributed by atoms with Crippen molar-refractivity contribution in [3.8, 4) is 0 Å². The highest BCUT2D eigenvalue weighted by atomic mass is 35.5. The summed E-state index contributed by atoms with van der Waals surface area (Å²) in [6, 6.07) is 6.12.